The summed E-state index contributed by atoms with van der Waals surface area (Å²) in [5.41, 5.74) is 1.01. The van der Waals surface area contributed by atoms with E-state index < -0.39 is 23.9 Å². The van der Waals surface area contributed by atoms with Crippen molar-refractivity contribution >= 4 is 17.7 Å². The largest absolute Gasteiger partial charge is 0.496 e. The number of urea groups is 1. The topological polar surface area (TPSA) is 76.7 Å². The maximum atomic E-state index is 13.4. The molecule has 2 N–H and O–H groups in total. The zero-order valence-corrected chi connectivity index (χ0v) is 15.5. The fourth-order valence-electron chi connectivity index (χ4n) is 2.43. The van der Waals surface area contributed by atoms with Crippen LogP contribution in [0.15, 0.2) is 48.5 Å². The Kier molecular flexibility index (Phi) is 7.16. The molecule has 0 aromatic heterocycles. The number of carbonyl (C=O) groups excluding carboxylic acids is 2. The van der Waals surface area contributed by atoms with E-state index >= 15 is 0 Å². The predicted octanol–water partition coefficient (Wildman–Crippen LogP) is 3.72. The van der Waals surface area contributed by atoms with Gasteiger partial charge in [-0.2, -0.15) is 0 Å². The molecule has 0 bridgehead atoms. The summed E-state index contributed by atoms with van der Waals surface area (Å²) in [7, 11) is 1.45. The number of amides is 2. The van der Waals surface area contributed by atoms with Crippen LogP contribution >= 0.6 is 0 Å². The van der Waals surface area contributed by atoms with E-state index in [-0.39, 0.29) is 12.5 Å². The van der Waals surface area contributed by atoms with Crippen LogP contribution in [0.4, 0.5) is 14.9 Å². The lowest BCUT2D eigenvalue weighted by atomic mass is 10.1. The predicted molar refractivity (Wildman–Crippen MR) is 100.0 cm³/mol. The Bertz CT molecular complexity index is 781. The second-order valence-corrected chi connectivity index (χ2v) is 6.25. The van der Waals surface area contributed by atoms with Crippen LogP contribution in [-0.2, 0) is 16.1 Å². The number of benzene rings is 2. The van der Waals surface area contributed by atoms with Crippen molar-refractivity contribution < 1.29 is 23.5 Å². The van der Waals surface area contributed by atoms with Crippen LogP contribution in [-0.4, -0.2) is 25.2 Å². The quantitative estimate of drug-likeness (QED) is 0.724. The van der Waals surface area contributed by atoms with Crippen LogP contribution in [0.5, 0.6) is 5.75 Å². The number of halogens is 1. The first-order valence-electron chi connectivity index (χ1n) is 8.52. The zero-order chi connectivity index (χ0) is 19.8. The van der Waals surface area contributed by atoms with Crippen LogP contribution < -0.4 is 15.4 Å². The van der Waals surface area contributed by atoms with Crippen molar-refractivity contribution in [3.63, 3.8) is 0 Å². The van der Waals surface area contributed by atoms with Crippen LogP contribution in [0, 0.1) is 11.7 Å². The molecule has 144 valence electrons. The van der Waals surface area contributed by atoms with Gasteiger partial charge >= 0.3 is 12.0 Å². The van der Waals surface area contributed by atoms with Crippen molar-refractivity contribution in [1.29, 1.82) is 0 Å². The maximum Gasteiger partial charge on any atom is 0.329 e. The number of hydrogen-bond acceptors (Lipinski definition) is 4. The van der Waals surface area contributed by atoms with Crippen LogP contribution in [0.1, 0.15) is 19.4 Å². The maximum absolute atomic E-state index is 13.4. The fourth-order valence-corrected chi connectivity index (χ4v) is 2.43. The van der Waals surface area contributed by atoms with Gasteiger partial charge in [-0.25, -0.2) is 14.0 Å². The highest BCUT2D eigenvalue weighted by Crippen LogP contribution is 2.20. The molecular formula is C20H23FN2O4. The number of carbonyl (C=O) groups is 2. The van der Waals surface area contributed by atoms with E-state index in [0.717, 1.165) is 0 Å². The van der Waals surface area contributed by atoms with Crippen molar-refractivity contribution in [2.24, 2.45) is 5.92 Å². The molecule has 27 heavy (non-hydrogen) atoms. The number of ether oxygens (including phenoxy) is 2. The molecule has 0 unspecified atom stereocenters. The minimum Gasteiger partial charge on any atom is -0.496 e. The third-order valence-corrected chi connectivity index (χ3v) is 3.85. The summed E-state index contributed by atoms with van der Waals surface area (Å²) >= 11 is 0. The molecule has 0 aliphatic heterocycles. The molecule has 6 nitrogen and oxygen atoms in total. The van der Waals surface area contributed by atoms with Gasteiger partial charge in [-0.05, 0) is 36.2 Å². The minimum absolute atomic E-state index is 0.162. The average molecular weight is 374 g/mol. The number of methoxy groups -OCH3 is 1. The molecule has 2 aromatic rings. The van der Waals surface area contributed by atoms with E-state index in [0.29, 0.717) is 17.0 Å². The van der Waals surface area contributed by atoms with Crippen molar-refractivity contribution in [2.75, 3.05) is 12.4 Å². The standard InChI is InChI=1S/C20H23FN2O4/c1-13(2)18(23-20(25)22-16-7-5-4-6-8-16)19(24)27-12-14-11-15(21)9-10-17(14)26-3/h4-11,13,18H,12H2,1-3H3,(H2,22,23,25)/t18-/m1/s1. The normalized spacial score (nSPS) is 11.6. The number of anilines is 1. The molecule has 0 fully saturated rings. The summed E-state index contributed by atoms with van der Waals surface area (Å²) in [5.74, 6) is -0.851. The Morgan fingerprint density at radius 3 is 2.44 bits per heavy atom. The lowest BCUT2D eigenvalue weighted by Gasteiger charge is -2.21. The van der Waals surface area contributed by atoms with Crippen molar-refractivity contribution in [2.45, 2.75) is 26.5 Å². The first-order chi connectivity index (χ1) is 12.9. The van der Waals surface area contributed by atoms with Gasteiger partial charge in [-0.1, -0.05) is 32.0 Å². The van der Waals surface area contributed by atoms with E-state index in [1.54, 1.807) is 38.1 Å². The average Bonchev–Trinajstić information content (AvgIpc) is 2.65. The highest BCUT2D eigenvalue weighted by Gasteiger charge is 2.26. The summed E-state index contributed by atoms with van der Waals surface area (Å²) in [5, 5.41) is 5.27. The van der Waals surface area contributed by atoms with E-state index in [4.69, 9.17) is 9.47 Å². The molecule has 0 spiro atoms. The van der Waals surface area contributed by atoms with Crippen LogP contribution in [0.3, 0.4) is 0 Å². The van der Waals surface area contributed by atoms with Gasteiger partial charge in [0.15, 0.2) is 0 Å². The van der Waals surface area contributed by atoms with Crippen molar-refractivity contribution in [3.8, 4) is 5.75 Å². The third-order valence-electron chi connectivity index (χ3n) is 3.85. The Balaban J connectivity index is 1.98. The van der Waals surface area contributed by atoms with Crippen LogP contribution in [0.2, 0.25) is 0 Å². The Morgan fingerprint density at radius 2 is 1.81 bits per heavy atom. The zero-order valence-electron chi connectivity index (χ0n) is 15.5. The SMILES string of the molecule is COc1ccc(F)cc1COC(=O)[C@H](NC(=O)Nc1ccccc1)C(C)C. The summed E-state index contributed by atoms with van der Waals surface area (Å²) in [6, 6.07) is 11.5. The molecule has 0 aliphatic carbocycles. The van der Waals surface area contributed by atoms with Gasteiger partial charge in [0.1, 0.15) is 24.2 Å². The van der Waals surface area contributed by atoms with Gasteiger partial charge in [0, 0.05) is 11.3 Å². The first-order valence-corrected chi connectivity index (χ1v) is 8.52. The lowest BCUT2D eigenvalue weighted by Crippen LogP contribution is -2.47. The first kappa shape index (κ1) is 20.2. The second-order valence-electron chi connectivity index (χ2n) is 6.25. The molecule has 0 heterocycles. The van der Waals surface area contributed by atoms with Gasteiger partial charge in [-0.15, -0.1) is 0 Å². The minimum atomic E-state index is -0.853. The van der Waals surface area contributed by atoms with Gasteiger partial charge < -0.3 is 20.1 Å². The number of esters is 1. The number of hydrogen-bond donors (Lipinski definition) is 2. The summed E-state index contributed by atoms with van der Waals surface area (Å²) < 4.78 is 23.8. The molecule has 0 saturated heterocycles. The molecular weight excluding hydrogens is 351 g/mol. The number of rotatable bonds is 7. The van der Waals surface area contributed by atoms with Gasteiger partial charge in [0.2, 0.25) is 0 Å². The molecule has 0 radical (unpaired) electrons. The van der Waals surface area contributed by atoms with Gasteiger partial charge in [0.25, 0.3) is 0 Å². The second kappa shape index (κ2) is 9.56. The Hall–Kier alpha value is -3.09. The highest BCUT2D eigenvalue weighted by atomic mass is 19.1. The van der Waals surface area contributed by atoms with E-state index in [1.165, 1.54) is 25.3 Å². The van der Waals surface area contributed by atoms with Crippen molar-refractivity contribution in [1.82, 2.24) is 5.32 Å². The summed E-state index contributed by atoms with van der Waals surface area (Å²) in [4.78, 5) is 24.6. The number of nitrogens with one attached hydrogen (secondary N) is 2. The molecule has 7 heteroatoms. The molecule has 2 rings (SSSR count). The molecule has 0 aliphatic rings. The summed E-state index contributed by atoms with van der Waals surface area (Å²) in [6.45, 7) is 3.42. The smallest absolute Gasteiger partial charge is 0.329 e. The number of para-hydroxylation sites is 1. The van der Waals surface area contributed by atoms with Gasteiger partial charge in [0.05, 0.1) is 7.11 Å². The van der Waals surface area contributed by atoms with E-state index in [2.05, 4.69) is 10.6 Å². The molecule has 2 aromatic carbocycles. The molecule has 2 amide bonds. The molecule has 1 atom stereocenters. The van der Waals surface area contributed by atoms with Gasteiger partial charge in [-0.3, -0.25) is 0 Å². The van der Waals surface area contributed by atoms with Crippen LogP contribution in [0.25, 0.3) is 0 Å². The summed E-state index contributed by atoms with van der Waals surface area (Å²) in [6.07, 6.45) is 0. The Labute approximate surface area is 157 Å². The van der Waals surface area contributed by atoms with Crippen molar-refractivity contribution in [3.05, 3.63) is 59.9 Å². The van der Waals surface area contributed by atoms with E-state index in [9.17, 15) is 14.0 Å². The monoisotopic (exact) mass is 374 g/mol. The lowest BCUT2D eigenvalue weighted by molar-refractivity contribution is -0.148. The third kappa shape index (κ3) is 5.99. The van der Waals surface area contributed by atoms with E-state index in [1.807, 2.05) is 6.07 Å². The fraction of sp³-hybridized carbons (Fsp3) is 0.300. The Morgan fingerprint density at radius 1 is 1.11 bits per heavy atom. The molecule has 0 saturated carbocycles. The highest BCUT2D eigenvalue weighted by molar-refractivity contribution is 5.92.